The average molecular weight is 432 g/mol. The molecule has 2 amide bonds. The zero-order valence-electron chi connectivity index (χ0n) is 18.0. The molecule has 8 nitrogen and oxygen atoms in total. The van der Waals surface area contributed by atoms with E-state index < -0.39 is 17.7 Å². The van der Waals surface area contributed by atoms with Gasteiger partial charge in [0.25, 0.3) is 0 Å². The molecule has 2 rings (SSSR count). The molecule has 0 spiro atoms. The molecule has 0 saturated carbocycles. The molecular formula is C21H29N5O3S. The van der Waals surface area contributed by atoms with Crippen molar-refractivity contribution in [2.24, 2.45) is 0 Å². The van der Waals surface area contributed by atoms with E-state index in [2.05, 4.69) is 25.9 Å². The van der Waals surface area contributed by atoms with Gasteiger partial charge in [-0.05, 0) is 70.4 Å². The predicted octanol–water partition coefficient (Wildman–Crippen LogP) is 4.11. The van der Waals surface area contributed by atoms with Crippen LogP contribution in [0.25, 0.3) is 0 Å². The third kappa shape index (κ3) is 8.28. The molecular weight excluding hydrogens is 402 g/mol. The fourth-order valence-corrected chi connectivity index (χ4v) is 2.96. The maximum Gasteiger partial charge on any atom is 0.408 e. The number of amides is 2. The Bertz CT molecular complexity index is 852. The lowest BCUT2D eigenvalue weighted by molar-refractivity contribution is -0.118. The zero-order valence-corrected chi connectivity index (χ0v) is 18.8. The molecule has 162 valence electrons. The third-order valence-corrected chi connectivity index (χ3v) is 4.49. The van der Waals surface area contributed by atoms with E-state index in [0.29, 0.717) is 17.9 Å². The number of nitrogens with one attached hydrogen (secondary N) is 3. The van der Waals surface area contributed by atoms with Gasteiger partial charge in [-0.3, -0.25) is 4.79 Å². The van der Waals surface area contributed by atoms with E-state index in [0.717, 1.165) is 17.1 Å². The Morgan fingerprint density at radius 2 is 1.80 bits per heavy atom. The van der Waals surface area contributed by atoms with E-state index in [1.165, 1.54) is 6.33 Å². The number of anilines is 3. The van der Waals surface area contributed by atoms with Crippen LogP contribution in [0.1, 0.15) is 32.9 Å². The predicted molar refractivity (Wildman–Crippen MR) is 121 cm³/mol. The number of carbonyl (C=O) groups is 2. The van der Waals surface area contributed by atoms with Crippen LogP contribution < -0.4 is 16.0 Å². The van der Waals surface area contributed by atoms with E-state index in [1.807, 2.05) is 31.4 Å². The van der Waals surface area contributed by atoms with Crippen LogP contribution in [0.3, 0.4) is 0 Å². The van der Waals surface area contributed by atoms with E-state index in [1.54, 1.807) is 44.7 Å². The number of hydrogen-bond donors (Lipinski definition) is 3. The monoisotopic (exact) mass is 431 g/mol. The van der Waals surface area contributed by atoms with Crippen molar-refractivity contribution < 1.29 is 14.3 Å². The minimum Gasteiger partial charge on any atom is -0.444 e. The first-order chi connectivity index (χ1) is 14.2. The molecule has 0 radical (unpaired) electrons. The van der Waals surface area contributed by atoms with Gasteiger partial charge in [-0.2, -0.15) is 11.8 Å². The van der Waals surface area contributed by atoms with Crippen molar-refractivity contribution in [2.75, 3.05) is 22.6 Å². The maximum absolute atomic E-state index is 12.7. The average Bonchev–Trinajstić information content (AvgIpc) is 2.65. The van der Waals surface area contributed by atoms with Crippen LogP contribution in [0.5, 0.6) is 0 Å². The van der Waals surface area contributed by atoms with Gasteiger partial charge in [0, 0.05) is 23.1 Å². The van der Waals surface area contributed by atoms with Gasteiger partial charge in [-0.15, -0.1) is 0 Å². The summed E-state index contributed by atoms with van der Waals surface area (Å²) >= 11 is 1.61. The first-order valence-electron chi connectivity index (χ1n) is 9.61. The van der Waals surface area contributed by atoms with Crippen LogP contribution in [0.4, 0.5) is 22.0 Å². The quantitative estimate of drug-likeness (QED) is 0.577. The molecule has 9 heteroatoms. The van der Waals surface area contributed by atoms with E-state index >= 15 is 0 Å². The number of rotatable bonds is 8. The number of alkyl carbamates (subject to hydrolysis) is 1. The second-order valence-corrected chi connectivity index (χ2v) is 8.70. The topological polar surface area (TPSA) is 105 Å². The molecule has 1 heterocycles. The molecule has 2 aromatic rings. The largest absolute Gasteiger partial charge is 0.444 e. The van der Waals surface area contributed by atoms with Gasteiger partial charge in [0.05, 0.1) is 0 Å². The van der Waals surface area contributed by atoms with Crippen molar-refractivity contribution >= 4 is 41.0 Å². The summed E-state index contributed by atoms with van der Waals surface area (Å²) in [5.74, 6) is 1.13. The normalized spacial score (nSPS) is 12.0. The van der Waals surface area contributed by atoms with Crippen molar-refractivity contribution in [3.05, 3.63) is 42.4 Å². The smallest absolute Gasteiger partial charge is 0.408 e. The maximum atomic E-state index is 12.7. The number of ether oxygens (including phenoxy) is 1. The Hall–Kier alpha value is -2.81. The summed E-state index contributed by atoms with van der Waals surface area (Å²) in [6.45, 7) is 7.23. The van der Waals surface area contributed by atoms with Crippen molar-refractivity contribution in [1.29, 1.82) is 0 Å². The van der Waals surface area contributed by atoms with Crippen molar-refractivity contribution in [2.45, 2.75) is 45.8 Å². The van der Waals surface area contributed by atoms with Gasteiger partial charge >= 0.3 is 6.09 Å². The molecule has 0 aliphatic carbocycles. The highest BCUT2D eigenvalue weighted by Crippen LogP contribution is 2.18. The lowest BCUT2D eigenvalue weighted by Crippen LogP contribution is -2.46. The molecule has 1 aromatic carbocycles. The van der Waals surface area contributed by atoms with Crippen molar-refractivity contribution in [3.8, 4) is 0 Å². The number of thioether (sulfide) groups is 1. The molecule has 3 N–H and O–H groups in total. The molecule has 0 aliphatic heterocycles. The van der Waals surface area contributed by atoms with Crippen LogP contribution in [-0.2, 0) is 9.53 Å². The number of aromatic nitrogens is 2. The lowest BCUT2D eigenvalue weighted by atomic mass is 10.2. The summed E-state index contributed by atoms with van der Waals surface area (Å²) in [6, 6.07) is 8.40. The molecule has 1 unspecified atom stereocenters. The fourth-order valence-electron chi connectivity index (χ4n) is 2.49. The number of benzene rings is 1. The minimum absolute atomic E-state index is 0.290. The summed E-state index contributed by atoms with van der Waals surface area (Å²) in [5.41, 5.74) is 1.70. The molecule has 0 saturated heterocycles. The number of carbonyl (C=O) groups excluding carboxylic acids is 2. The molecule has 0 bridgehead atoms. The number of hydrogen-bond acceptors (Lipinski definition) is 7. The van der Waals surface area contributed by atoms with Gasteiger partial charge in [0.15, 0.2) is 0 Å². The Morgan fingerprint density at radius 3 is 2.40 bits per heavy atom. The van der Waals surface area contributed by atoms with E-state index in [-0.39, 0.29) is 5.91 Å². The van der Waals surface area contributed by atoms with E-state index in [9.17, 15) is 9.59 Å². The van der Waals surface area contributed by atoms with Crippen molar-refractivity contribution in [3.63, 3.8) is 0 Å². The summed E-state index contributed by atoms with van der Waals surface area (Å²) in [5, 5.41) is 8.70. The molecule has 0 aliphatic rings. The Morgan fingerprint density at radius 1 is 1.13 bits per heavy atom. The van der Waals surface area contributed by atoms with Crippen LogP contribution in [0.2, 0.25) is 0 Å². The first kappa shape index (κ1) is 23.5. The molecule has 1 aromatic heterocycles. The molecule has 0 fully saturated rings. The summed E-state index contributed by atoms with van der Waals surface area (Å²) in [6.07, 6.45) is 3.34. The third-order valence-electron chi connectivity index (χ3n) is 3.85. The fraction of sp³-hybridized carbons (Fsp3) is 0.429. The van der Waals surface area contributed by atoms with Crippen LogP contribution in [-0.4, -0.2) is 45.6 Å². The number of aryl methyl sites for hydroxylation is 1. The van der Waals surface area contributed by atoms with Gasteiger partial charge < -0.3 is 20.7 Å². The van der Waals surface area contributed by atoms with Crippen molar-refractivity contribution in [1.82, 2.24) is 15.3 Å². The SMILES string of the molecule is CSCCC(NC(=O)OC(C)(C)C)C(=O)Nc1ccc(Nc2cc(C)ncn2)cc1. The Kier molecular flexibility index (Phi) is 8.46. The van der Waals surface area contributed by atoms with Crippen LogP contribution in [0, 0.1) is 6.92 Å². The highest BCUT2D eigenvalue weighted by atomic mass is 32.2. The Balaban J connectivity index is 1.99. The van der Waals surface area contributed by atoms with Crippen LogP contribution in [0.15, 0.2) is 36.7 Å². The highest BCUT2D eigenvalue weighted by molar-refractivity contribution is 7.98. The zero-order chi connectivity index (χ0) is 22.1. The van der Waals surface area contributed by atoms with E-state index in [4.69, 9.17) is 4.74 Å². The lowest BCUT2D eigenvalue weighted by Gasteiger charge is -2.23. The second kappa shape index (κ2) is 10.8. The van der Waals surface area contributed by atoms with Gasteiger partial charge in [0.2, 0.25) is 5.91 Å². The Labute approximate surface area is 181 Å². The van der Waals surface area contributed by atoms with Crippen LogP contribution >= 0.6 is 11.8 Å². The highest BCUT2D eigenvalue weighted by Gasteiger charge is 2.24. The first-order valence-corrected chi connectivity index (χ1v) is 11.0. The molecule has 1 atom stereocenters. The molecule has 30 heavy (non-hydrogen) atoms. The summed E-state index contributed by atoms with van der Waals surface area (Å²) < 4.78 is 5.27. The van der Waals surface area contributed by atoms with Gasteiger partial charge in [-0.1, -0.05) is 0 Å². The summed E-state index contributed by atoms with van der Waals surface area (Å²) in [4.78, 5) is 33.0. The van der Waals surface area contributed by atoms with Gasteiger partial charge in [-0.25, -0.2) is 14.8 Å². The summed E-state index contributed by atoms with van der Waals surface area (Å²) in [7, 11) is 0. The minimum atomic E-state index is -0.686. The number of nitrogens with zero attached hydrogens (tertiary/aromatic N) is 2. The second-order valence-electron chi connectivity index (χ2n) is 7.72. The standard InChI is InChI=1S/C21H29N5O3S/c1-14-12-18(23-13-22-14)24-15-6-8-16(9-7-15)25-19(27)17(10-11-30-5)26-20(28)29-21(2,3)4/h6-9,12-13,17H,10-11H2,1-5H3,(H,25,27)(H,26,28)(H,22,23,24). The van der Waals surface area contributed by atoms with Gasteiger partial charge in [0.1, 0.15) is 23.8 Å².